The number of esters is 1. The SMILES string of the molecule is CCCCCOC(=O)C=N[C@@H](C)C(=O)C1CCCCC1. The summed E-state index contributed by atoms with van der Waals surface area (Å²) in [5.41, 5.74) is 0. The molecule has 1 saturated carbocycles. The summed E-state index contributed by atoms with van der Waals surface area (Å²) in [6, 6.07) is -0.429. The van der Waals surface area contributed by atoms with Gasteiger partial charge in [0.15, 0.2) is 5.78 Å². The van der Waals surface area contributed by atoms with Gasteiger partial charge < -0.3 is 4.74 Å². The van der Waals surface area contributed by atoms with E-state index in [0.29, 0.717) is 6.61 Å². The van der Waals surface area contributed by atoms with Gasteiger partial charge in [-0.25, -0.2) is 4.79 Å². The Morgan fingerprint density at radius 2 is 1.95 bits per heavy atom. The third-order valence-corrected chi connectivity index (χ3v) is 3.82. The molecule has 0 saturated heterocycles. The van der Waals surface area contributed by atoms with Crippen LogP contribution in [0.3, 0.4) is 0 Å². The molecule has 114 valence electrons. The fraction of sp³-hybridized carbons (Fsp3) is 0.812. The van der Waals surface area contributed by atoms with Crippen molar-refractivity contribution < 1.29 is 14.3 Å². The number of hydrogen-bond donors (Lipinski definition) is 0. The van der Waals surface area contributed by atoms with E-state index in [4.69, 9.17) is 4.74 Å². The van der Waals surface area contributed by atoms with Crippen LogP contribution in [0.5, 0.6) is 0 Å². The number of ketones is 1. The van der Waals surface area contributed by atoms with E-state index in [-0.39, 0.29) is 11.7 Å². The van der Waals surface area contributed by atoms with Crippen LogP contribution >= 0.6 is 0 Å². The van der Waals surface area contributed by atoms with Crippen molar-refractivity contribution in [3.8, 4) is 0 Å². The molecular formula is C16H27NO3. The van der Waals surface area contributed by atoms with Gasteiger partial charge in [-0.15, -0.1) is 0 Å². The van der Waals surface area contributed by atoms with Crippen molar-refractivity contribution in [1.82, 2.24) is 0 Å². The third kappa shape index (κ3) is 6.31. The lowest BCUT2D eigenvalue weighted by molar-refractivity contribution is -0.135. The summed E-state index contributed by atoms with van der Waals surface area (Å²) in [5, 5.41) is 0. The molecule has 0 bridgehead atoms. The molecule has 1 atom stereocenters. The van der Waals surface area contributed by atoms with Crippen molar-refractivity contribution in [3.63, 3.8) is 0 Å². The van der Waals surface area contributed by atoms with E-state index in [1.165, 1.54) is 6.42 Å². The molecule has 0 unspecified atom stereocenters. The Balaban J connectivity index is 2.28. The molecule has 0 radical (unpaired) electrons. The van der Waals surface area contributed by atoms with E-state index in [1.54, 1.807) is 6.92 Å². The van der Waals surface area contributed by atoms with E-state index in [0.717, 1.165) is 51.2 Å². The molecule has 1 rings (SSSR count). The normalized spacial score (nSPS) is 18.1. The van der Waals surface area contributed by atoms with Crippen LogP contribution in [0, 0.1) is 5.92 Å². The Bertz CT molecular complexity index is 333. The average molecular weight is 281 g/mol. The molecule has 0 aromatic carbocycles. The fourth-order valence-corrected chi connectivity index (χ4v) is 2.54. The van der Waals surface area contributed by atoms with Crippen LogP contribution in [-0.4, -0.2) is 30.6 Å². The highest BCUT2D eigenvalue weighted by Crippen LogP contribution is 2.25. The molecule has 0 N–H and O–H groups in total. The van der Waals surface area contributed by atoms with Crippen LogP contribution in [0.4, 0.5) is 0 Å². The van der Waals surface area contributed by atoms with Crippen LogP contribution in [0.25, 0.3) is 0 Å². The van der Waals surface area contributed by atoms with Crippen molar-refractivity contribution in [1.29, 1.82) is 0 Å². The molecule has 4 heteroatoms. The van der Waals surface area contributed by atoms with Gasteiger partial charge in [0.25, 0.3) is 0 Å². The second-order valence-electron chi connectivity index (χ2n) is 5.57. The first-order valence-electron chi connectivity index (χ1n) is 7.88. The van der Waals surface area contributed by atoms with Crippen LogP contribution < -0.4 is 0 Å². The zero-order valence-corrected chi connectivity index (χ0v) is 12.8. The van der Waals surface area contributed by atoms with Crippen LogP contribution in [0.15, 0.2) is 4.99 Å². The molecule has 1 aliphatic carbocycles. The topological polar surface area (TPSA) is 55.7 Å². The van der Waals surface area contributed by atoms with Crippen molar-refractivity contribution in [3.05, 3.63) is 0 Å². The molecule has 1 aliphatic rings. The predicted molar refractivity (Wildman–Crippen MR) is 80.0 cm³/mol. The summed E-state index contributed by atoms with van der Waals surface area (Å²) in [6.45, 7) is 4.29. The maximum atomic E-state index is 12.1. The van der Waals surface area contributed by atoms with Gasteiger partial charge in [0.05, 0.1) is 6.61 Å². The molecular weight excluding hydrogens is 254 g/mol. The van der Waals surface area contributed by atoms with E-state index < -0.39 is 12.0 Å². The second-order valence-corrected chi connectivity index (χ2v) is 5.57. The van der Waals surface area contributed by atoms with Crippen molar-refractivity contribution >= 4 is 18.0 Å². The first-order valence-corrected chi connectivity index (χ1v) is 7.88. The van der Waals surface area contributed by atoms with Gasteiger partial charge in [-0.3, -0.25) is 9.79 Å². The molecule has 0 spiro atoms. The van der Waals surface area contributed by atoms with Gasteiger partial charge in [-0.1, -0.05) is 39.0 Å². The number of rotatable bonds is 8. The Hall–Kier alpha value is -1.19. The van der Waals surface area contributed by atoms with E-state index in [1.807, 2.05) is 0 Å². The van der Waals surface area contributed by atoms with Crippen molar-refractivity contribution in [2.24, 2.45) is 10.9 Å². The highest BCUT2D eigenvalue weighted by Gasteiger charge is 2.24. The zero-order valence-electron chi connectivity index (χ0n) is 12.8. The monoisotopic (exact) mass is 281 g/mol. The van der Waals surface area contributed by atoms with Gasteiger partial charge in [0, 0.05) is 5.92 Å². The zero-order chi connectivity index (χ0) is 14.8. The second kappa shape index (κ2) is 9.67. The number of unbranched alkanes of at least 4 members (excludes halogenated alkanes) is 2. The predicted octanol–water partition coefficient (Wildman–Crippen LogP) is 3.33. The maximum absolute atomic E-state index is 12.1. The average Bonchev–Trinajstić information content (AvgIpc) is 2.49. The summed E-state index contributed by atoms with van der Waals surface area (Å²) in [5.74, 6) is -0.138. The Morgan fingerprint density at radius 1 is 1.25 bits per heavy atom. The van der Waals surface area contributed by atoms with Gasteiger partial charge >= 0.3 is 5.97 Å². The fourth-order valence-electron chi connectivity index (χ4n) is 2.54. The van der Waals surface area contributed by atoms with Gasteiger partial charge in [-0.2, -0.15) is 0 Å². The highest BCUT2D eigenvalue weighted by atomic mass is 16.5. The standard InChI is InChI=1S/C16H27NO3/c1-3-4-8-11-20-15(18)12-17-13(2)16(19)14-9-6-5-7-10-14/h12-14H,3-11H2,1-2H3/t13-/m0/s1. The van der Waals surface area contributed by atoms with E-state index in [9.17, 15) is 9.59 Å². The molecule has 0 heterocycles. The Morgan fingerprint density at radius 3 is 2.60 bits per heavy atom. The number of hydrogen-bond acceptors (Lipinski definition) is 4. The number of ether oxygens (including phenoxy) is 1. The van der Waals surface area contributed by atoms with Crippen LogP contribution in [-0.2, 0) is 14.3 Å². The van der Waals surface area contributed by atoms with E-state index in [2.05, 4.69) is 11.9 Å². The molecule has 1 fully saturated rings. The summed E-state index contributed by atoms with van der Waals surface area (Å²) < 4.78 is 5.02. The first kappa shape index (κ1) is 16.9. The number of Topliss-reactive ketones (excluding diaryl/α,β-unsaturated/α-hetero) is 1. The summed E-state index contributed by atoms with van der Waals surface area (Å²) >= 11 is 0. The lowest BCUT2D eigenvalue weighted by Crippen LogP contribution is -2.26. The summed E-state index contributed by atoms with van der Waals surface area (Å²) in [6.07, 6.45) is 9.63. The minimum absolute atomic E-state index is 0.136. The number of aliphatic imine (C=N–C) groups is 1. The molecule has 0 aromatic heterocycles. The molecule has 0 aliphatic heterocycles. The third-order valence-electron chi connectivity index (χ3n) is 3.82. The minimum Gasteiger partial charge on any atom is -0.461 e. The van der Waals surface area contributed by atoms with Crippen LogP contribution in [0.2, 0.25) is 0 Å². The van der Waals surface area contributed by atoms with E-state index >= 15 is 0 Å². The maximum Gasteiger partial charge on any atom is 0.348 e. The first-order chi connectivity index (χ1) is 9.65. The molecule has 0 aromatic rings. The Labute approximate surface area is 122 Å². The number of carbonyl (C=O) groups is 2. The number of nitrogens with zero attached hydrogens (tertiary/aromatic N) is 1. The quantitative estimate of drug-likeness (QED) is 0.389. The minimum atomic E-state index is -0.440. The number of carbonyl (C=O) groups excluding carboxylic acids is 2. The lowest BCUT2D eigenvalue weighted by atomic mass is 9.84. The highest BCUT2D eigenvalue weighted by molar-refractivity contribution is 6.23. The largest absolute Gasteiger partial charge is 0.461 e. The summed E-state index contributed by atoms with van der Waals surface area (Å²) in [4.78, 5) is 27.6. The summed E-state index contributed by atoms with van der Waals surface area (Å²) in [7, 11) is 0. The Kier molecular flexibility index (Phi) is 8.16. The lowest BCUT2D eigenvalue weighted by Gasteiger charge is -2.21. The smallest absolute Gasteiger partial charge is 0.348 e. The van der Waals surface area contributed by atoms with Gasteiger partial charge in [-0.05, 0) is 26.2 Å². The van der Waals surface area contributed by atoms with Crippen LogP contribution in [0.1, 0.15) is 65.2 Å². The molecule has 0 amide bonds. The van der Waals surface area contributed by atoms with Crippen molar-refractivity contribution in [2.45, 2.75) is 71.3 Å². The van der Waals surface area contributed by atoms with Crippen molar-refractivity contribution in [2.75, 3.05) is 6.61 Å². The van der Waals surface area contributed by atoms with Gasteiger partial charge in [0.2, 0.25) is 0 Å². The molecule has 20 heavy (non-hydrogen) atoms. The molecule has 4 nitrogen and oxygen atoms in total. The van der Waals surface area contributed by atoms with Gasteiger partial charge in [0.1, 0.15) is 12.3 Å².